The second-order valence-electron chi connectivity index (χ2n) is 7.11. The van der Waals surface area contributed by atoms with Crippen LogP contribution in [0.4, 0.5) is 13.2 Å². The fourth-order valence-corrected chi connectivity index (χ4v) is 3.77. The van der Waals surface area contributed by atoms with Crippen molar-refractivity contribution in [3.8, 4) is 0 Å². The number of likely N-dealkylation sites (tertiary alicyclic amines) is 1. The molecule has 3 rings (SSSR count). The zero-order valence-electron chi connectivity index (χ0n) is 16.1. The van der Waals surface area contributed by atoms with Gasteiger partial charge in [0.15, 0.2) is 5.69 Å². The number of aromatic nitrogens is 4. The predicted octanol–water partition coefficient (Wildman–Crippen LogP) is 0.773. The average molecular weight is 446 g/mol. The topological polar surface area (TPSA) is 113 Å². The summed E-state index contributed by atoms with van der Waals surface area (Å²) in [5, 5.41) is 24.6. The van der Waals surface area contributed by atoms with Gasteiger partial charge in [0.25, 0.3) is 0 Å². The number of nitrogens with one attached hydrogen (secondary N) is 1. The molecule has 1 aliphatic rings. The summed E-state index contributed by atoms with van der Waals surface area (Å²) in [5.74, 6) is -0.726. The minimum absolute atomic E-state index is 0.0441. The highest BCUT2D eigenvalue weighted by atomic mass is 32.1. The molecule has 30 heavy (non-hydrogen) atoms. The van der Waals surface area contributed by atoms with Crippen molar-refractivity contribution >= 4 is 23.2 Å². The van der Waals surface area contributed by atoms with Crippen LogP contribution >= 0.6 is 11.3 Å². The maximum Gasteiger partial charge on any atom is 0.435 e. The average Bonchev–Trinajstić information content (AvgIpc) is 3.29. The molecule has 2 aromatic heterocycles. The van der Waals surface area contributed by atoms with Crippen LogP contribution in [0.15, 0.2) is 11.6 Å². The number of piperidine rings is 1. The standard InChI is InChI=1S/C17H21F3N6O3S/c1-10-4-13(17(18,19)20)24-26(10)8-16(29)25-6-11(5-12(27)7-25)22-14(28)2-3-15-23-21-9-30-15/h4,9,11-12,27H,2-3,5-8H2,1H3,(H,22,28). The second kappa shape index (κ2) is 9.08. The molecule has 164 valence electrons. The lowest BCUT2D eigenvalue weighted by Crippen LogP contribution is -2.54. The largest absolute Gasteiger partial charge is 0.435 e. The lowest BCUT2D eigenvalue weighted by Gasteiger charge is -2.36. The van der Waals surface area contributed by atoms with Gasteiger partial charge in [-0.3, -0.25) is 14.3 Å². The Bertz CT molecular complexity index is 886. The summed E-state index contributed by atoms with van der Waals surface area (Å²) in [4.78, 5) is 26.1. The summed E-state index contributed by atoms with van der Waals surface area (Å²) in [6, 6.07) is 0.420. The van der Waals surface area contributed by atoms with Crippen LogP contribution in [0.1, 0.15) is 29.2 Å². The van der Waals surface area contributed by atoms with Crippen LogP contribution in [0.2, 0.25) is 0 Å². The van der Waals surface area contributed by atoms with E-state index in [1.54, 1.807) is 5.51 Å². The molecule has 1 fully saturated rings. The van der Waals surface area contributed by atoms with Gasteiger partial charge in [-0.05, 0) is 19.4 Å². The van der Waals surface area contributed by atoms with E-state index in [1.807, 2.05) is 0 Å². The molecule has 2 unspecified atom stereocenters. The summed E-state index contributed by atoms with van der Waals surface area (Å²) in [6.45, 7) is 1.25. The van der Waals surface area contributed by atoms with Crippen LogP contribution in [-0.4, -0.2) is 67.0 Å². The van der Waals surface area contributed by atoms with Gasteiger partial charge in [-0.2, -0.15) is 18.3 Å². The van der Waals surface area contributed by atoms with E-state index in [2.05, 4.69) is 20.6 Å². The zero-order chi connectivity index (χ0) is 21.9. The highest BCUT2D eigenvalue weighted by molar-refractivity contribution is 7.09. The first-order valence-corrected chi connectivity index (χ1v) is 10.1. The Labute approximate surface area is 173 Å². The number of alkyl halides is 3. The van der Waals surface area contributed by atoms with Crippen molar-refractivity contribution in [1.29, 1.82) is 0 Å². The number of nitrogens with zero attached hydrogens (tertiary/aromatic N) is 5. The molecule has 0 bridgehead atoms. The first kappa shape index (κ1) is 22.2. The van der Waals surface area contributed by atoms with Gasteiger partial charge in [0.1, 0.15) is 17.1 Å². The molecule has 2 amide bonds. The number of aryl methyl sites for hydroxylation is 2. The van der Waals surface area contributed by atoms with Crippen LogP contribution < -0.4 is 5.32 Å². The quantitative estimate of drug-likeness (QED) is 0.678. The molecular weight excluding hydrogens is 425 g/mol. The molecule has 2 aromatic rings. The van der Waals surface area contributed by atoms with Crippen molar-refractivity contribution in [1.82, 2.24) is 30.2 Å². The SMILES string of the molecule is Cc1cc(C(F)(F)F)nn1CC(=O)N1CC(O)CC(NC(=O)CCc2nncs2)C1. The number of amides is 2. The summed E-state index contributed by atoms with van der Waals surface area (Å²) in [5.41, 5.74) is 0.717. The second-order valence-corrected chi connectivity index (χ2v) is 8.03. The first-order chi connectivity index (χ1) is 14.1. The Kier molecular flexibility index (Phi) is 6.71. The van der Waals surface area contributed by atoms with Gasteiger partial charge in [-0.25, -0.2) is 0 Å². The van der Waals surface area contributed by atoms with Crippen LogP contribution in [0.25, 0.3) is 0 Å². The predicted molar refractivity (Wildman–Crippen MR) is 99.3 cm³/mol. The number of rotatable bonds is 6. The van der Waals surface area contributed by atoms with E-state index in [1.165, 1.54) is 23.2 Å². The van der Waals surface area contributed by atoms with Crippen LogP contribution in [0.3, 0.4) is 0 Å². The summed E-state index contributed by atoms with van der Waals surface area (Å²) < 4.78 is 39.4. The molecule has 2 N–H and O–H groups in total. The van der Waals surface area contributed by atoms with E-state index in [-0.39, 0.29) is 44.1 Å². The maximum atomic E-state index is 12.8. The van der Waals surface area contributed by atoms with E-state index in [0.717, 1.165) is 15.8 Å². The third-order valence-corrected chi connectivity index (χ3v) is 5.43. The third-order valence-electron chi connectivity index (χ3n) is 4.67. The normalized spacial score (nSPS) is 19.7. The number of carbonyl (C=O) groups is 2. The molecule has 0 radical (unpaired) electrons. The first-order valence-electron chi connectivity index (χ1n) is 9.23. The van der Waals surface area contributed by atoms with Crippen molar-refractivity contribution in [2.45, 2.75) is 51.1 Å². The molecule has 1 saturated heterocycles. The minimum atomic E-state index is -4.59. The molecular formula is C17H21F3N6O3S. The molecule has 0 aromatic carbocycles. The van der Waals surface area contributed by atoms with Gasteiger partial charge < -0.3 is 15.3 Å². The Hall–Kier alpha value is -2.54. The molecule has 3 heterocycles. The lowest BCUT2D eigenvalue weighted by atomic mass is 10.0. The number of hydrogen-bond donors (Lipinski definition) is 2. The Balaban J connectivity index is 1.56. The molecule has 2 atom stereocenters. The van der Waals surface area contributed by atoms with Gasteiger partial charge in [0, 0.05) is 37.7 Å². The van der Waals surface area contributed by atoms with E-state index >= 15 is 0 Å². The monoisotopic (exact) mass is 446 g/mol. The smallest absolute Gasteiger partial charge is 0.391 e. The number of hydrogen-bond acceptors (Lipinski definition) is 7. The summed E-state index contributed by atoms with van der Waals surface area (Å²) in [7, 11) is 0. The van der Waals surface area contributed by atoms with E-state index < -0.39 is 29.9 Å². The Morgan fingerprint density at radius 2 is 2.13 bits per heavy atom. The van der Waals surface area contributed by atoms with Gasteiger partial charge in [-0.1, -0.05) is 0 Å². The van der Waals surface area contributed by atoms with Gasteiger partial charge in [-0.15, -0.1) is 21.5 Å². The third kappa shape index (κ3) is 5.75. The van der Waals surface area contributed by atoms with E-state index in [0.29, 0.717) is 6.42 Å². The van der Waals surface area contributed by atoms with E-state index in [4.69, 9.17) is 0 Å². The van der Waals surface area contributed by atoms with Crippen LogP contribution in [-0.2, 0) is 28.7 Å². The highest BCUT2D eigenvalue weighted by Gasteiger charge is 2.35. The molecule has 0 aliphatic carbocycles. The van der Waals surface area contributed by atoms with Gasteiger partial charge in [0.2, 0.25) is 11.8 Å². The number of carbonyl (C=O) groups excluding carboxylic acids is 2. The van der Waals surface area contributed by atoms with Crippen LogP contribution in [0.5, 0.6) is 0 Å². The Morgan fingerprint density at radius 3 is 2.77 bits per heavy atom. The number of β-amino-alcohol motifs (C(OH)–C–C–N with tert-alkyl or cyclic N) is 1. The van der Waals surface area contributed by atoms with Crippen LogP contribution in [0, 0.1) is 6.92 Å². The molecule has 1 aliphatic heterocycles. The fraction of sp³-hybridized carbons (Fsp3) is 0.588. The molecule has 9 nitrogen and oxygen atoms in total. The van der Waals surface area contributed by atoms with Crippen molar-refractivity contribution < 1.29 is 27.9 Å². The van der Waals surface area contributed by atoms with Crippen molar-refractivity contribution in [3.63, 3.8) is 0 Å². The fourth-order valence-electron chi connectivity index (χ4n) is 3.24. The summed E-state index contributed by atoms with van der Waals surface area (Å²) in [6.07, 6.45) is -4.52. The number of halogens is 3. The number of aliphatic hydroxyl groups excluding tert-OH is 1. The highest BCUT2D eigenvalue weighted by Crippen LogP contribution is 2.28. The van der Waals surface area contributed by atoms with Crippen molar-refractivity contribution in [3.05, 3.63) is 28.0 Å². The molecule has 0 spiro atoms. The zero-order valence-corrected chi connectivity index (χ0v) is 16.9. The van der Waals surface area contributed by atoms with Crippen molar-refractivity contribution in [2.24, 2.45) is 0 Å². The van der Waals surface area contributed by atoms with E-state index in [9.17, 15) is 27.9 Å². The molecule has 0 saturated carbocycles. The van der Waals surface area contributed by atoms with Crippen molar-refractivity contribution in [2.75, 3.05) is 13.1 Å². The number of aliphatic hydroxyl groups is 1. The van der Waals surface area contributed by atoms with Gasteiger partial charge >= 0.3 is 6.18 Å². The lowest BCUT2D eigenvalue weighted by molar-refractivity contribution is -0.142. The molecule has 13 heteroatoms. The Morgan fingerprint density at radius 1 is 1.37 bits per heavy atom. The maximum absolute atomic E-state index is 12.8. The van der Waals surface area contributed by atoms with Gasteiger partial charge in [0.05, 0.1) is 6.10 Å². The minimum Gasteiger partial charge on any atom is -0.391 e. The summed E-state index contributed by atoms with van der Waals surface area (Å²) >= 11 is 1.35.